The van der Waals surface area contributed by atoms with Gasteiger partial charge in [-0.3, -0.25) is 0 Å². The molecule has 0 fully saturated rings. The Morgan fingerprint density at radius 1 is 0.750 bits per heavy atom. The minimum atomic E-state index is 0.684. The summed E-state index contributed by atoms with van der Waals surface area (Å²) in [6, 6.07) is 0. The third kappa shape index (κ3) is 6.55. The summed E-state index contributed by atoms with van der Waals surface area (Å²) in [6.45, 7) is 11.8. The van der Waals surface area contributed by atoms with E-state index in [4.69, 9.17) is 0 Å². The lowest BCUT2D eigenvalue weighted by Crippen LogP contribution is -2.21. The summed E-state index contributed by atoms with van der Waals surface area (Å²) in [5, 5.41) is 0. The van der Waals surface area contributed by atoms with Crippen LogP contribution in [0.3, 0.4) is 0 Å². The predicted molar refractivity (Wildman–Crippen MR) is 75.8 cm³/mol. The standard InChI is InChI=1S/C16H34/c1-6-9-13-16(11-7-2,12-8-3)14-10-15(4)5/h15H,6-14H2,1-5H3. The summed E-state index contributed by atoms with van der Waals surface area (Å²) in [6.07, 6.45) is 12.8. The zero-order valence-electron chi connectivity index (χ0n) is 12.4. The number of rotatable bonds is 10. The second-order valence-corrected chi connectivity index (χ2v) is 6.04. The summed E-state index contributed by atoms with van der Waals surface area (Å²) in [5.74, 6) is 0.870. The molecular formula is C16H34. The van der Waals surface area contributed by atoms with Crippen molar-refractivity contribution in [1.29, 1.82) is 0 Å². The first kappa shape index (κ1) is 16.0. The van der Waals surface area contributed by atoms with Gasteiger partial charge in [0.2, 0.25) is 0 Å². The minimum absolute atomic E-state index is 0.684. The number of hydrogen-bond donors (Lipinski definition) is 0. The van der Waals surface area contributed by atoms with Crippen molar-refractivity contribution >= 4 is 0 Å². The second-order valence-electron chi connectivity index (χ2n) is 6.04. The van der Waals surface area contributed by atoms with Crippen LogP contribution in [-0.2, 0) is 0 Å². The van der Waals surface area contributed by atoms with E-state index < -0.39 is 0 Å². The molecule has 0 radical (unpaired) electrons. The fourth-order valence-corrected chi connectivity index (χ4v) is 2.96. The summed E-state index contributed by atoms with van der Waals surface area (Å²) >= 11 is 0. The Balaban J connectivity index is 4.36. The summed E-state index contributed by atoms with van der Waals surface area (Å²) in [7, 11) is 0. The van der Waals surface area contributed by atoms with Gasteiger partial charge in [-0.15, -0.1) is 0 Å². The highest BCUT2D eigenvalue weighted by atomic mass is 14.3. The lowest BCUT2D eigenvalue weighted by molar-refractivity contribution is 0.176. The smallest absolute Gasteiger partial charge is 0.0298 e. The molecule has 0 spiro atoms. The highest BCUT2D eigenvalue weighted by Crippen LogP contribution is 2.40. The largest absolute Gasteiger partial charge is 0.0654 e. The van der Waals surface area contributed by atoms with Crippen molar-refractivity contribution in [1.82, 2.24) is 0 Å². The van der Waals surface area contributed by atoms with Gasteiger partial charge in [0.1, 0.15) is 0 Å². The van der Waals surface area contributed by atoms with Crippen LogP contribution in [0.25, 0.3) is 0 Å². The maximum absolute atomic E-state index is 2.36. The fraction of sp³-hybridized carbons (Fsp3) is 1.00. The van der Waals surface area contributed by atoms with E-state index in [1.807, 2.05) is 0 Å². The Kier molecular flexibility index (Phi) is 9.07. The SMILES string of the molecule is CCCCC(CCC)(CCC)CCC(C)C. The van der Waals surface area contributed by atoms with Crippen LogP contribution in [0.1, 0.15) is 92.4 Å². The zero-order chi connectivity index (χ0) is 12.4. The third-order valence-electron chi connectivity index (χ3n) is 3.87. The van der Waals surface area contributed by atoms with Gasteiger partial charge in [0.15, 0.2) is 0 Å². The molecule has 0 saturated heterocycles. The van der Waals surface area contributed by atoms with Crippen LogP contribution in [-0.4, -0.2) is 0 Å². The van der Waals surface area contributed by atoms with E-state index in [1.54, 1.807) is 0 Å². The average molecular weight is 226 g/mol. The molecule has 0 saturated carbocycles. The van der Waals surface area contributed by atoms with Gasteiger partial charge in [-0.2, -0.15) is 0 Å². The molecule has 0 bridgehead atoms. The molecule has 0 unspecified atom stereocenters. The quantitative estimate of drug-likeness (QED) is 0.416. The van der Waals surface area contributed by atoms with Crippen LogP contribution in [0.2, 0.25) is 0 Å². The Labute approximate surface area is 104 Å². The van der Waals surface area contributed by atoms with Gasteiger partial charge in [-0.05, 0) is 37.0 Å². The molecule has 0 aliphatic rings. The van der Waals surface area contributed by atoms with Gasteiger partial charge in [0.05, 0.1) is 0 Å². The first-order valence-corrected chi connectivity index (χ1v) is 7.60. The summed E-state index contributed by atoms with van der Waals surface area (Å²) < 4.78 is 0. The van der Waals surface area contributed by atoms with E-state index in [9.17, 15) is 0 Å². The van der Waals surface area contributed by atoms with Crippen LogP contribution < -0.4 is 0 Å². The van der Waals surface area contributed by atoms with Crippen molar-refractivity contribution in [3.63, 3.8) is 0 Å². The van der Waals surface area contributed by atoms with Crippen LogP contribution in [0.15, 0.2) is 0 Å². The fourth-order valence-electron chi connectivity index (χ4n) is 2.96. The van der Waals surface area contributed by atoms with Gasteiger partial charge in [0.25, 0.3) is 0 Å². The van der Waals surface area contributed by atoms with Crippen LogP contribution in [0.5, 0.6) is 0 Å². The molecule has 0 heteroatoms. The minimum Gasteiger partial charge on any atom is -0.0654 e. The maximum atomic E-state index is 2.36. The number of hydrogen-bond acceptors (Lipinski definition) is 0. The molecule has 0 aromatic heterocycles. The molecule has 0 rings (SSSR count). The Morgan fingerprint density at radius 2 is 1.31 bits per heavy atom. The van der Waals surface area contributed by atoms with Gasteiger partial charge in [-0.25, -0.2) is 0 Å². The van der Waals surface area contributed by atoms with Gasteiger partial charge in [0, 0.05) is 0 Å². The number of unbranched alkanes of at least 4 members (excludes halogenated alkanes) is 1. The highest BCUT2D eigenvalue weighted by molar-refractivity contribution is 4.79. The van der Waals surface area contributed by atoms with E-state index in [0.29, 0.717) is 5.41 Å². The summed E-state index contributed by atoms with van der Waals surface area (Å²) in [5.41, 5.74) is 0.684. The molecule has 0 aromatic rings. The molecule has 0 atom stereocenters. The van der Waals surface area contributed by atoms with E-state index in [0.717, 1.165) is 5.92 Å². The van der Waals surface area contributed by atoms with Crippen molar-refractivity contribution in [2.75, 3.05) is 0 Å². The molecule has 98 valence electrons. The first-order valence-electron chi connectivity index (χ1n) is 7.60. The van der Waals surface area contributed by atoms with Gasteiger partial charge in [-0.1, -0.05) is 66.7 Å². The topological polar surface area (TPSA) is 0 Å². The summed E-state index contributed by atoms with van der Waals surface area (Å²) in [4.78, 5) is 0. The van der Waals surface area contributed by atoms with Crippen molar-refractivity contribution in [2.45, 2.75) is 92.4 Å². The second kappa shape index (κ2) is 9.07. The molecular weight excluding hydrogens is 192 g/mol. The van der Waals surface area contributed by atoms with E-state index in [-0.39, 0.29) is 0 Å². The average Bonchev–Trinajstić information content (AvgIpc) is 2.24. The molecule has 0 aliphatic heterocycles. The van der Waals surface area contributed by atoms with Gasteiger partial charge >= 0.3 is 0 Å². The van der Waals surface area contributed by atoms with Crippen molar-refractivity contribution in [2.24, 2.45) is 11.3 Å². The molecule has 0 aliphatic carbocycles. The molecule has 0 nitrogen and oxygen atoms in total. The lowest BCUT2D eigenvalue weighted by atomic mass is 9.71. The van der Waals surface area contributed by atoms with Gasteiger partial charge < -0.3 is 0 Å². The van der Waals surface area contributed by atoms with E-state index in [1.165, 1.54) is 57.8 Å². The third-order valence-corrected chi connectivity index (χ3v) is 3.87. The molecule has 0 N–H and O–H groups in total. The monoisotopic (exact) mass is 226 g/mol. The van der Waals surface area contributed by atoms with Crippen molar-refractivity contribution in [3.05, 3.63) is 0 Å². The van der Waals surface area contributed by atoms with E-state index >= 15 is 0 Å². The highest BCUT2D eigenvalue weighted by Gasteiger charge is 2.27. The molecule has 0 amide bonds. The van der Waals surface area contributed by atoms with Crippen molar-refractivity contribution < 1.29 is 0 Å². The van der Waals surface area contributed by atoms with E-state index in [2.05, 4.69) is 34.6 Å². The van der Waals surface area contributed by atoms with Crippen LogP contribution in [0, 0.1) is 11.3 Å². The molecule has 0 heterocycles. The van der Waals surface area contributed by atoms with Crippen LogP contribution in [0.4, 0.5) is 0 Å². The Morgan fingerprint density at radius 3 is 1.69 bits per heavy atom. The predicted octanol–water partition coefficient (Wildman–Crippen LogP) is 6.20. The van der Waals surface area contributed by atoms with Crippen LogP contribution >= 0.6 is 0 Å². The molecule has 16 heavy (non-hydrogen) atoms. The lowest BCUT2D eigenvalue weighted by Gasteiger charge is -2.34. The Hall–Kier alpha value is 0. The maximum Gasteiger partial charge on any atom is -0.0298 e. The normalized spacial score (nSPS) is 12.4. The zero-order valence-corrected chi connectivity index (χ0v) is 12.4. The Bertz CT molecular complexity index is 140. The first-order chi connectivity index (χ1) is 7.60. The van der Waals surface area contributed by atoms with Crippen molar-refractivity contribution in [3.8, 4) is 0 Å². The molecule has 0 aromatic carbocycles.